The molecule has 7 heteroatoms. The van der Waals surface area contributed by atoms with Crippen LogP contribution in [0.4, 0.5) is 0 Å². The van der Waals surface area contributed by atoms with Gasteiger partial charge in [0.1, 0.15) is 0 Å². The highest BCUT2D eigenvalue weighted by Crippen LogP contribution is 2.07. The molecule has 0 unspecified atom stereocenters. The third kappa shape index (κ3) is 4.86. The van der Waals surface area contributed by atoms with E-state index >= 15 is 0 Å². The van der Waals surface area contributed by atoms with Gasteiger partial charge in [-0.2, -0.15) is 0 Å². The van der Waals surface area contributed by atoms with Crippen molar-refractivity contribution in [2.24, 2.45) is 0 Å². The number of nitrogens with zero attached hydrogens (tertiary/aromatic N) is 1. The fraction of sp³-hybridized carbons (Fsp3) is 0.643. The number of nitrogens with one attached hydrogen (secondary N) is 2. The molecule has 1 heterocycles. The van der Waals surface area contributed by atoms with Crippen molar-refractivity contribution in [1.82, 2.24) is 14.9 Å². The Labute approximate surface area is 123 Å². The van der Waals surface area contributed by atoms with E-state index in [0.29, 0.717) is 24.2 Å². The number of carbonyl (C=O) groups excluding carboxylic acids is 1. The number of rotatable bonds is 7. The van der Waals surface area contributed by atoms with Crippen LogP contribution in [-0.4, -0.2) is 45.1 Å². The first kappa shape index (κ1) is 17.2. The van der Waals surface area contributed by atoms with E-state index < -0.39 is 11.2 Å². The number of aromatic nitrogens is 2. The molecule has 21 heavy (non-hydrogen) atoms. The largest absolute Gasteiger partial charge is 0.396 e. The number of aliphatic hydroxyl groups excluding tert-OH is 1. The maximum Gasteiger partial charge on any atom is 0.325 e. The second-order valence-corrected chi connectivity index (χ2v) is 5.27. The van der Waals surface area contributed by atoms with Gasteiger partial charge < -0.3 is 15.0 Å². The fourth-order valence-electron chi connectivity index (χ4n) is 2.21. The van der Waals surface area contributed by atoms with Gasteiger partial charge in [-0.3, -0.25) is 14.6 Å². The van der Waals surface area contributed by atoms with Crippen molar-refractivity contribution in [2.45, 2.75) is 46.1 Å². The number of hydrogen-bond donors (Lipinski definition) is 3. The van der Waals surface area contributed by atoms with Crippen LogP contribution in [0.3, 0.4) is 0 Å². The Hall–Kier alpha value is -1.89. The van der Waals surface area contributed by atoms with Gasteiger partial charge in [0.15, 0.2) is 0 Å². The first-order valence-electron chi connectivity index (χ1n) is 7.09. The average Bonchev–Trinajstić information content (AvgIpc) is 2.37. The summed E-state index contributed by atoms with van der Waals surface area (Å²) in [5.41, 5.74) is -0.0772. The zero-order valence-electron chi connectivity index (χ0n) is 12.7. The van der Waals surface area contributed by atoms with Crippen LogP contribution in [0.25, 0.3) is 0 Å². The maximum atomic E-state index is 12.2. The van der Waals surface area contributed by atoms with Gasteiger partial charge in [0.05, 0.1) is 0 Å². The van der Waals surface area contributed by atoms with Crippen molar-refractivity contribution in [3.63, 3.8) is 0 Å². The molecule has 1 aromatic rings. The molecule has 1 rings (SSSR count). The van der Waals surface area contributed by atoms with Crippen LogP contribution >= 0.6 is 0 Å². The summed E-state index contributed by atoms with van der Waals surface area (Å²) in [5, 5.41) is 8.87. The third-order valence-corrected chi connectivity index (χ3v) is 3.34. The molecule has 0 aliphatic rings. The number of hydrogen-bond acceptors (Lipinski definition) is 4. The molecule has 0 saturated heterocycles. The van der Waals surface area contributed by atoms with Gasteiger partial charge in [0, 0.05) is 36.9 Å². The van der Waals surface area contributed by atoms with Crippen LogP contribution in [-0.2, 0) is 11.2 Å². The van der Waals surface area contributed by atoms with E-state index in [4.69, 9.17) is 5.11 Å². The number of aliphatic hydroxyl groups is 1. The summed E-state index contributed by atoms with van der Waals surface area (Å²) >= 11 is 0. The van der Waals surface area contributed by atoms with E-state index in [1.165, 1.54) is 0 Å². The third-order valence-electron chi connectivity index (χ3n) is 3.34. The summed E-state index contributed by atoms with van der Waals surface area (Å²) in [5.74, 6) is -0.0662. The summed E-state index contributed by atoms with van der Waals surface area (Å²) in [6.07, 6.45) is 1.00. The molecule has 3 N–H and O–H groups in total. The second kappa shape index (κ2) is 7.78. The summed E-state index contributed by atoms with van der Waals surface area (Å²) in [6.45, 7) is 5.99. The number of aromatic amines is 2. The Balaban J connectivity index is 2.76. The van der Waals surface area contributed by atoms with E-state index in [0.717, 1.165) is 0 Å². The lowest BCUT2D eigenvalue weighted by molar-refractivity contribution is -0.133. The predicted molar refractivity (Wildman–Crippen MR) is 79.3 cm³/mol. The van der Waals surface area contributed by atoms with Crippen molar-refractivity contribution >= 4 is 5.91 Å². The minimum absolute atomic E-state index is 0.0369. The normalized spacial score (nSPS) is 10.9. The lowest BCUT2D eigenvalue weighted by Gasteiger charge is -2.26. The van der Waals surface area contributed by atoms with Gasteiger partial charge in [0.25, 0.3) is 5.56 Å². The van der Waals surface area contributed by atoms with Crippen LogP contribution in [0.15, 0.2) is 9.59 Å². The Bertz CT molecular complexity index is 589. The number of amides is 1. The van der Waals surface area contributed by atoms with E-state index in [1.807, 2.05) is 13.8 Å². The van der Waals surface area contributed by atoms with Crippen LogP contribution in [0.5, 0.6) is 0 Å². The first-order chi connectivity index (χ1) is 9.86. The van der Waals surface area contributed by atoms with Gasteiger partial charge in [-0.1, -0.05) is 0 Å². The summed E-state index contributed by atoms with van der Waals surface area (Å²) in [4.78, 5) is 41.4. The highest BCUT2D eigenvalue weighted by molar-refractivity contribution is 5.76. The van der Waals surface area contributed by atoms with E-state index in [2.05, 4.69) is 9.97 Å². The van der Waals surface area contributed by atoms with Gasteiger partial charge in [-0.25, -0.2) is 4.79 Å². The molecule has 0 atom stereocenters. The van der Waals surface area contributed by atoms with Gasteiger partial charge in [-0.15, -0.1) is 0 Å². The van der Waals surface area contributed by atoms with Crippen LogP contribution < -0.4 is 11.2 Å². The topological polar surface area (TPSA) is 106 Å². The van der Waals surface area contributed by atoms with Crippen molar-refractivity contribution in [3.8, 4) is 0 Å². The molecule has 0 aliphatic carbocycles. The molecule has 0 radical (unpaired) electrons. The smallest absolute Gasteiger partial charge is 0.325 e. The van der Waals surface area contributed by atoms with E-state index in [-0.39, 0.29) is 31.4 Å². The minimum atomic E-state index is -0.542. The summed E-state index contributed by atoms with van der Waals surface area (Å²) < 4.78 is 0. The molecule has 1 amide bonds. The maximum absolute atomic E-state index is 12.2. The lowest BCUT2D eigenvalue weighted by atomic mass is 10.1. The van der Waals surface area contributed by atoms with Gasteiger partial charge in [-0.05, 0) is 33.6 Å². The average molecular weight is 297 g/mol. The zero-order chi connectivity index (χ0) is 16.0. The quantitative estimate of drug-likeness (QED) is 0.654. The second-order valence-electron chi connectivity index (χ2n) is 5.27. The number of aryl methyl sites for hydroxylation is 1. The molecular weight excluding hydrogens is 274 g/mol. The van der Waals surface area contributed by atoms with Crippen LogP contribution in [0.1, 0.15) is 37.9 Å². The lowest BCUT2D eigenvalue weighted by Crippen LogP contribution is -2.38. The van der Waals surface area contributed by atoms with E-state index in [9.17, 15) is 14.4 Å². The Morgan fingerprint density at radius 3 is 2.48 bits per heavy atom. The number of H-pyrrole nitrogens is 2. The Morgan fingerprint density at radius 1 is 1.29 bits per heavy atom. The van der Waals surface area contributed by atoms with Crippen molar-refractivity contribution < 1.29 is 9.90 Å². The highest BCUT2D eigenvalue weighted by atomic mass is 16.3. The van der Waals surface area contributed by atoms with Crippen molar-refractivity contribution in [1.29, 1.82) is 0 Å². The molecule has 0 aromatic carbocycles. The molecule has 118 valence electrons. The molecule has 0 bridgehead atoms. The molecule has 0 fully saturated rings. The molecule has 7 nitrogen and oxygen atoms in total. The molecular formula is C14H23N3O4. The molecule has 0 aliphatic heterocycles. The Kier molecular flexibility index (Phi) is 6.36. The zero-order valence-corrected chi connectivity index (χ0v) is 12.7. The molecule has 0 spiro atoms. The summed E-state index contributed by atoms with van der Waals surface area (Å²) in [6, 6.07) is 0.0408. The van der Waals surface area contributed by atoms with E-state index in [1.54, 1.807) is 11.8 Å². The first-order valence-corrected chi connectivity index (χ1v) is 7.09. The monoisotopic (exact) mass is 297 g/mol. The molecule has 1 aromatic heterocycles. The predicted octanol–water partition coefficient (Wildman–Crippen LogP) is -0.0764. The van der Waals surface area contributed by atoms with Crippen LogP contribution in [0, 0.1) is 6.92 Å². The van der Waals surface area contributed by atoms with Crippen LogP contribution in [0.2, 0.25) is 0 Å². The van der Waals surface area contributed by atoms with Gasteiger partial charge >= 0.3 is 5.69 Å². The fourth-order valence-corrected chi connectivity index (χ4v) is 2.21. The van der Waals surface area contributed by atoms with Crippen molar-refractivity contribution in [2.75, 3.05) is 13.2 Å². The number of carbonyl (C=O) groups is 1. The summed E-state index contributed by atoms with van der Waals surface area (Å²) in [7, 11) is 0. The Morgan fingerprint density at radius 2 is 1.95 bits per heavy atom. The standard InChI is InChI=1S/C14H23N3O4/c1-9(2)17(7-4-8-18)12(19)6-5-11-10(3)15-14(21)16-13(11)20/h9,18H,4-8H2,1-3H3,(H2,15,16,20,21). The highest BCUT2D eigenvalue weighted by Gasteiger charge is 2.17. The minimum Gasteiger partial charge on any atom is -0.396 e. The molecule has 0 saturated carbocycles. The van der Waals surface area contributed by atoms with Crippen molar-refractivity contribution in [3.05, 3.63) is 32.1 Å². The van der Waals surface area contributed by atoms with Gasteiger partial charge in [0.2, 0.25) is 5.91 Å². The SMILES string of the molecule is Cc1[nH]c(=O)[nH]c(=O)c1CCC(=O)N(CCCO)C(C)C.